The second-order valence-electron chi connectivity index (χ2n) is 6.30. The maximum Gasteiger partial charge on any atom is 0.279 e. The summed E-state index contributed by atoms with van der Waals surface area (Å²) in [6.07, 6.45) is 1.61. The van der Waals surface area contributed by atoms with Crippen molar-refractivity contribution in [1.82, 2.24) is 0 Å². The minimum Gasteiger partial charge on any atom is -0.463 e. The Morgan fingerprint density at radius 1 is 1.04 bits per heavy atom. The third kappa shape index (κ3) is 5.22. The highest BCUT2D eigenvalue weighted by Gasteiger charge is 2.16. The summed E-state index contributed by atoms with van der Waals surface area (Å²) in [6.45, 7) is 2.16. The van der Waals surface area contributed by atoms with Gasteiger partial charge in [-0.3, -0.25) is 9.59 Å². The Hall–Kier alpha value is -3.09. The van der Waals surface area contributed by atoms with Crippen molar-refractivity contribution in [2.45, 2.75) is 13.0 Å². The molecule has 0 aliphatic heterocycles. The van der Waals surface area contributed by atoms with Gasteiger partial charge in [-0.25, -0.2) is 0 Å². The van der Waals surface area contributed by atoms with E-state index in [4.69, 9.17) is 16.0 Å². The Balaban J connectivity index is 1.62. The van der Waals surface area contributed by atoms with Crippen LogP contribution in [0, 0.1) is 0 Å². The van der Waals surface area contributed by atoms with Gasteiger partial charge in [0.05, 0.1) is 17.5 Å². The van der Waals surface area contributed by atoms with Gasteiger partial charge in [-0.05, 0) is 55.5 Å². The Labute approximate surface area is 167 Å². The third-order valence-corrected chi connectivity index (χ3v) is 4.45. The molecular formula is C21H21ClN3O3+. The lowest BCUT2D eigenvalue weighted by Gasteiger charge is -2.12. The van der Waals surface area contributed by atoms with E-state index < -0.39 is 0 Å². The van der Waals surface area contributed by atoms with Crippen LogP contribution in [0.1, 0.15) is 29.1 Å². The summed E-state index contributed by atoms with van der Waals surface area (Å²) in [4.78, 5) is 24.9. The zero-order valence-corrected chi connectivity index (χ0v) is 16.1. The summed E-state index contributed by atoms with van der Waals surface area (Å²) < 4.78 is 5.34. The standard InChI is InChI=1S/C21H20ClN3O3/c1-14(19-7-4-12-28-19)23-13-20(26)25-18-6-3-2-5-17(18)21(27)24-16-10-8-15(22)9-11-16/h2-12,14,23H,13H2,1H3,(H,24,27)(H,25,26)/p+1/t14-/m1/s1. The number of furan rings is 1. The molecule has 7 heteroatoms. The molecule has 1 atom stereocenters. The molecule has 1 heterocycles. The Morgan fingerprint density at radius 2 is 1.79 bits per heavy atom. The van der Waals surface area contributed by atoms with E-state index >= 15 is 0 Å². The minimum absolute atomic E-state index is 0.0178. The fourth-order valence-electron chi connectivity index (χ4n) is 2.67. The fourth-order valence-corrected chi connectivity index (χ4v) is 2.80. The first-order valence-electron chi connectivity index (χ1n) is 8.85. The van der Waals surface area contributed by atoms with E-state index in [1.165, 1.54) is 0 Å². The molecule has 0 radical (unpaired) electrons. The number of hydrogen-bond acceptors (Lipinski definition) is 3. The molecule has 3 aromatic rings. The molecule has 0 spiro atoms. The van der Waals surface area contributed by atoms with E-state index in [1.807, 2.05) is 24.4 Å². The highest BCUT2D eigenvalue weighted by Crippen LogP contribution is 2.19. The summed E-state index contributed by atoms with van der Waals surface area (Å²) in [5, 5.41) is 8.06. The molecule has 6 nitrogen and oxygen atoms in total. The summed E-state index contributed by atoms with van der Waals surface area (Å²) in [5.41, 5.74) is 1.46. The Bertz CT molecular complexity index is 940. The maximum absolute atomic E-state index is 12.6. The van der Waals surface area contributed by atoms with Crippen molar-refractivity contribution < 1.29 is 19.3 Å². The average molecular weight is 399 g/mol. The summed E-state index contributed by atoms with van der Waals surface area (Å²) in [6, 6.07) is 17.4. The van der Waals surface area contributed by atoms with E-state index in [-0.39, 0.29) is 24.4 Å². The maximum atomic E-state index is 12.6. The molecule has 3 rings (SSSR count). The van der Waals surface area contributed by atoms with Crippen molar-refractivity contribution in [3.8, 4) is 0 Å². The van der Waals surface area contributed by atoms with Crippen LogP contribution in [0.4, 0.5) is 11.4 Å². The van der Waals surface area contributed by atoms with E-state index in [0.717, 1.165) is 5.76 Å². The number of amides is 2. The number of nitrogens with one attached hydrogen (secondary N) is 2. The van der Waals surface area contributed by atoms with Crippen molar-refractivity contribution in [2.75, 3.05) is 17.2 Å². The molecule has 2 aromatic carbocycles. The van der Waals surface area contributed by atoms with Crippen LogP contribution < -0.4 is 16.0 Å². The summed E-state index contributed by atoms with van der Waals surface area (Å²) >= 11 is 5.86. The zero-order valence-electron chi connectivity index (χ0n) is 15.3. The van der Waals surface area contributed by atoms with Gasteiger partial charge < -0.3 is 20.4 Å². The molecule has 144 valence electrons. The van der Waals surface area contributed by atoms with E-state index in [2.05, 4.69) is 10.6 Å². The molecule has 0 saturated heterocycles. The van der Waals surface area contributed by atoms with Crippen LogP contribution in [-0.4, -0.2) is 18.4 Å². The molecule has 0 aliphatic carbocycles. The number of quaternary nitrogens is 1. The molecule has 28 heavy (non-hydrogen) atoms. The van der Waals surface area contributed by atoms with Crippen LogP contribution in [-0.2, 0) is 4.79 Å². The monoisotopic (exact) mass is 398 g/mol. The second-order valence-corrected chi connectivity index (χ2v) is 6.74. The highest BCUT2D eigenvalue weighted by molar-refractivity contribution is 6.30. The third-order valence-electron chi connectivity index (χ3n) is 4.20. The number of benzene rings is 2. The largest absolute Gasteiger partial charge is 0.463 e. The topological polar surface area (TPSA) is 88.0 Å². The van der Waals surface area contributed by atoms with Gasteiger partial charge in [0, 0.05) is 10.7 Å². The van der Waals surface area contributed by atoms with Crippen LogP contribution in [0.25, 0.3) is 0 Å². The summed E-state index contributed by atoms with van der Waals surface area (Å²) in [7, 11) is 0. The van der Waals surface area contributed by atoms with Gasteiger partial charge in [0.25, 0.3) is 11.8 Å². The second kappa shape index (κ2) is 9.21. The smallest absolute Gasteiger partial charge is 0.279 e. The molecule has 0 unspecified atom stereocenters. The van der Waals surface area contributed by atoms with Crippen LogP contribution in [0.2, 0.25) is 5.02 Å². The lowest BCUT2D eigenvalue weighted by atomic mass is 10.1. The van der Waals surface area contributed by atoms with Gasteiger partial charge in [-0.1, -0.05) is 23.7 Å². The zero-order chi connectivity index (χ0) is 19.9. The van der Waals surface area contributed by atoms with Crippen molar-refractivity contribution in [2.24, 2.45) is 0 Å². The van der Waals surface area contributed by atoms with Gasteiger partial charge in [0.15, 0.2) is 12.3 Å². The van der Waals surface area contributed by atoms with Gasteiger partial charge in [-0.2, -0.15) is 0 Å². The number of carbonyl (C=O) groups is 2. The van der Waals surface area contributed by atoms with Crippen molar-refractivity contribution in [1.29, 1.82) is 0 Å². The number of carbonyl (C=O) groups excluding carboxylic acids is 2. The predicted molar refractivity (Wildman–Crippen MR) is 108 cm³/mol. The quantitative estimate of drug-likeness (QED) is 0.569. The van der Waals surface area contributed by atoms with Crippen molar-refractivity contribution in [3.63, 3.8) is 0 Å². The molecule has 4 N–H and O–H groups in total. The molecular weight excluding hydrogens is 378 g/mol. The number of nitrogens with two attached hydrogens (primary N) is 1. The SMILES string of the molecule is C[C@@H]([NH2+]CC(=O)Nc1ccccc1C(=O)Nc1ccc(Cl)cc1)c1ccco1. The first-order valence-corrected chi connectivity index (χ1v) is 9.23. The molecule has 0 fully saturated rings. The lowest BCUT2D eigenvalue weighted by Crippen LogP contribution is -2.86. The normalized spacial score (nSPS) is 11.6. The predicted octanol–water partition coefficient (Wildman–Crippen LogP) is 3.45. The van der Waals surface area contributed by atoms with Crippen LogP contribution in [0.3, 0.4) is 0 Å². The number of rotatable bonds is 7. The van der Waals surface area contributed by atoms with Gasteiger partial charge in [0.1, 0.15) is 6.04 Å². The van der Waals surface area contributed by atoms with Gasteiger partial charge >= 0.3 is 0 Å². The number of anilines is 2. The summed E-state index contributed by atoms with van der Waals surface area (Å²) in [5.74, 6) is 0.284. The molecule has 2 amide bonds. The first-order chi connectivity index (χ1) is 13.5. The van der Waals surface area contributed by atoms with Gasteiger partial charge in [-0.15, -0.1) is 0 Å². The lowest BCUT2D eigenvalue weighted by molar-refractivity contribution is -0.684. The number of halogens is 1. The van der Waals surface area contributed by atoms with E-state index in [0.29, 0.717) is 22.0 Å². The minimum atomic E-state index is -0.314. The molecule has 1 aromatic heterocycles. The average Bonchev–Trinajstić information content (AvgIpc) is 3.23. The number of hydrogen-bond donors (Lipinski definition) is 3. The van der Waals surface area contributed by atoms with Crippen LogP contribution in [0.15, 0.2) is 71.3 Å². The van der Waals surface area contributed by atoms with Crippen molar-refractivity contribution in [3.05, 3.63) is 83.3 Å². The van der Waals surface area contributed by atoms with Crippen molar-refractivity contribution >= 4 is 34.8 Å². The fraction of sp³-hybridized carbons (Fsp3) is 0.143. The molecule has 0 bridgehead atoms. The van der Waals surface area contributed by atoms with E-state index in [9.17, 15) is 9.59 Å². The molecule has 0 aliphatic rings. The Morgan fingerprint density at radius 3 is 2.50 bits per heavy atom. The van der Waals surface area contributed by atoms with Gasteiger partial charge in [0.2, 0.25) is 0 Å². The van der Waals surface area contributed by atoms with E-state index in [1.54, 1.807) is 54.8 Å². The highest BCUT2D eigenvalue weighted by atomic mass is 35.5. The molecule has 0 saturated carbocycles. The Kier molecular flexibility index (Phi) is 6.47. The van der Waals surface area contributed by atoms with Crippen LogP contribution >= 0.6 is 11.6 Å². The number of para-hydroxylation sites is 1. The van der Waals surface area contributed by atoms with Crippen LogP contribution in [0.5, 0.6) is 0 Å². The first kappa shape index (κ1) is 19.7.